The van der Waals surface area contributed by atoms with Gasteiger partial charge in [-0.05, 0) is 74.2 Å². The summed E-state index contributed by atoms with van der Waals surface area (Å²) < 4.78 is 37.4. The second kappa shape index (κ2) is 11.0. The minimum Gasteiger partial charge on any atom is -0.439 e. The number of rotatable bonds is 9. The van der Waals surface area contributed by atoms with E-state index in [9.17, 15) is 8.42 Å². The molecule has 0 bridgehead atoms. The van der Waals surface area contributed by atoms with Crippen molar-refractivity contribution in [2.45, 2.75) is 43.4 Å². The van der Waals surface area contributed by atoms with Crippen LogP contribution < -0.4 is 14.5 Å². The summed E-state index contributed by atoms with van der Waals surface area (Å²) in [4.78, 5) is 5.56. The Morgan fingerprint density at radius 3 is 2.51 bits per heavy atom. The molecule has 6 nitrogen and oxygen atoms in total. The van der Waals surface area contributed by atoms with Crippen molar-refractivity contribution in [3.05, 3.63) is 70.1 Å². The molecule has 2 heterocycles. The van der Waals surface area contributed by atoms with Gasteiger partial charge in [0.15, 0.2) is 5.75 Å². The van der Waals surface area contributed by atoms with Crippen LogP contribution in [0.3, 0.4) is 0 Å². The number of ether oxygens (including phenoxy) is 1. The highest BCUT2D eigenvalue weighted by atomic mass is 35.5. The number of hydrogen-bond acceptors (Lipinski definition) is 6. The lowest BCUT2D eigenvalue weighted by Crippen LogP contribution is -2.27. The van der Waals surface area contributed by atoms with Crippen LogP contribution >= 0.6 is 35.0 Å². The molecule has 188 valence electrons. The number of allylic oxidation sites excluding steroid dienone is 2. The third-order valence-electron chi connectivity index (χ3n) is 5.93. The quantitative estimate of drug-likeness (QED) is 0.264. The van der Waals surface area contributed by atoms with Gasteiger partial charge in [-0.3, -0.25) is 4.55 Å². The van der Waals surface area contributed by atoms with E-state index in [1.807, 2.05) is 35.2 Å². The van der Waals surface area contributed by atoms with E-state index in [1.54, 1.807) is 17.8 Å². The first-order valence-electron chi connectivity index (χ1n) is 11.5. The Morgan fingerprint density at radius 1 is 1.11 bits per heavy atom. The van der Waals surface area contributed by atoms with Gasteiger partial charge >= 0.3 is 0 Å². The van der Waals surface area contributed by atoms with E-state index in [1.165, 1.54) is 4.90 Å². The van der Waals surface area contributed by atoms with Crippen LogP contribution in [0, 0.1) is 0 Å². The Balaban J connectivity index is 1.59. The lowest BCUT2D eigenvalue weighted by atomic mass is 10.1. The highest BCUT2D eigenvalue weighted by molar-refractivity contribution is 8.00. The number of anilines is 2. The molecule has 10 heteroatoms. The van der Waals surface area contributed by atoms with Crippen molar-refractivity contribution in [2.24, 2.45) is 0 Å². The van der Waals surface area contributed by atoms with Crippen LogP contribution in [0.5, 0.6) is 5.75 Å². The van der Waals surface area contributed by atoms with Gasteiger partial charge in [0.2, 0.25) is 5.88 Å². The molecular weight excluding hydrogens is 527 g/mol. The Bertz CT molecular complexity index is 1260. The monoisotopic (exact) mass is 554 g/mol. The van der Waals surface area contributed by atoms with Crippen LogP contribution in [0.1, 0.15) is 33.1 Å². The molecule has 1 unspecified atom stereocenters. The first kappa shape index (κ1) is 26.2. The SMILES string of the molecule is CCC(/C=C1\Oc2ccc(Cl)cc2N1CCCCS(=O)(=O)O)=C\C1Sc2ccc(Cl)cc2N1CC. The van der Waals surface area contributed by atoms with Gasteiger partial charge in [-0.1, -0.05) is 41.9 Å². The zero-order valence-electron chi connectivity index (χ0n) is 19.6. The number of nitrogens with zero attached hydrogens (tertiary/aromatic N) is 2. The van der Waals surface area contributed by atoms with Gasteiger partial charge in [0.25, 0.3) is 10.1 Å². The fourth-order valence-electron chi connectivity index (χ4n) is 4.20. The molecule has 0 radical (unpaired) electrons. The highest BCUT2D eigenvalue weighted by Crippen LogP contribution is 2.46. The maximum atomic E-state index is 11.1. The van der Waals surface area contributed by atoms with Gasteiger partial charge in [-0.2, -0.15) is 8.42 Å². The molecule has 4 rings (SSSR count). The number of thioether (sulfide) groups is 1. The minimum absolute atomic E-state index is 0.140. The topological polar surface area (TPSA) is 70.1 Å². The van der Waals surface area contributed by atoms with Gasteiger partial charge in [0.05, 0.1) is 22.5 Å². The van der Waals surface area contributed by atoms with Crippen LogP contribution in [-0.4, -0.2) is 37.2 Å². The molecule has 1 N–H and O–H groups in total. The number of halogens is 2. The molecule has 2 aliphatic rings. The summed E-state index contributed by atoms with van der Waals surface area (Å²) >= 11 is 14.3. The smallest absolute Gasteiger partial charge is 0.264 e. The zero-order chi connectivity index (χ0) is 25.2. The molecule has 0 spiro atoms. The molecule has 0 aliphatic carbocycles. The van der Waals surface area contributed by atoms with Gasteiger partial charge in [-0.15, -0.1) is 0 Å². The third-order valence-corrected chi connectivity index (χ3v) is 8.43. The van der Waals surface area contributed by atoms with E-state index in [4.69, 9.17) is 32.5 Å². The minimum atomic E-state index is -3.98. The Labute approximate surface area is 221 Å². The second-order valence-electron chi connectivity index (χ2n) is 8.34. The predicted octanol–water partition coefficient (Wildman–Crippen LogP) is 7.00. The van der Waals surface area contributed by atoms with Gasteiger partial charge in [-0.25, -0.2) is 0 Å². The molecular formula is C25H28Cl2N2O4S2. The van der Waals surface area contributed by atoms with Crippen LogP contribution in [0.15, 0.2) is 64.9 Å². The fraction of sp³-hybridized carbons (Fsp3) is 0.360. The van der Waals surface area contributed by atoms with Crippen molar-refractivity contribution in [3.8, 4) is 5.75 Å². The number of hydrogen-bond donors (Lipinski definition) is 1. The summed E-state index contributed by atoms with van der Waals surface area (Å²) in [5.41, 5.74) is 3.12. The molecule has 1 atom stereocenters. The molecule has 0 aromatic heterocycles. The number of benzene rings is 2. The lowest BCUT2D eigenvalue weighted by molar-refractivity contribution is 0.436. The molecule has 0 amide bonds. The number of unbranched alkanes of at least 4 members (excludes halogenated alkanes) is 1. The standard InChI is InChI=1S/C25H28Cl2N2O4S2/c1-3-17(14-25-28(4-2)21-16-19(27)8-10-23(21)34-25)13-24-29(11-5-6-12-35(30,31)32)20-15-18(26)7-9-22(20)33-24/h7-10,13-16,25H,3-6,11-12H2,1-2H3,(H,30,31,32)/b17-14+,24-13-. The maximum absolute atomic E-state index is 11.1. The summed E-state index contributed by atoms with van der Waals surface area (Å²) in [6.45, 7) is 5.64. The fourth-order valence-corrected chi connectivity index (χ4v) is 6.43. The van der Waals surface area contributed by atoms with Crippen molar-refractivity contribution >= 4 is 56.5 Å². The van der Waals surface area contributed by atoms with E-state index < -0.39 is 10.1 Å². The van der Waals surface area contributed by atoms with Gasteiger partial charge in [0, 0.05) is 34.1 Å². The molecule has 0 fully saturated rings. The summed E-state index contributed by atoms with van der Waals surface area (Å²) in [5, 5.41) is 1.47. The van der Waals surface area contributed by atoms with Crippen molar-refractivity contribution < 1.29 is 17.7 Å². The van der Waals surface area contributed by atoms with Crippen LogP contribution in [0.25, 0.3) is 0 Å². The average Bonchev–Trinajstić information content (AvgIpc) is 3.31. The first-order valence-corrected chi connectivity index (χ1v) is 14.8. The summed E-state index contributed by atoms with van der Waals surface area (Å²) in [7, 11) is -3.98. The van der Waals surface area contributed by atoms with E-state index in [2.05, 4.69) is 30.9 Å². The Kier molecular flexibility index (Phi) is 8.28. The average molecular weight is 556 g/mol. The highest BCUT2D eigenvalue weighted by Gasteiger charge is 2.29. The largest absolute Gasteiger partial charge is 0.439 e. The van der Waals surface area contributed by atoms with Crippen LogP contribution in [0.2, 0.25) is 10.0 Å². The van der Waals surface area contributed by atoms with Gasteiger partial charge < -0.3 is 14.5 Å². The van der Waals surface area contributed by atoms with Crippen LogP contribution in [0.4, 0.5) is 11.4 Å². The zero-order valence-corrected chi connectivity index (χ0v) is 22.7. The summed E-state index contributed by atoms with van der Waals surface area (Å²) in [6, 6.07) is 11.5. The van der Waals surface area contributed by atoms with Crippen molar-refractivity contribution in [3.63, 3.8) is 0 Å². The Morgan fingerprint density at radius 2 is 1.83 bits per heavy atom. The second-order valence-corrected chi connectivity index (χ2v) is 11.9. The molecule has 0 saturated heterocycles. The maximum Gasteiger partial charge on any atom is 0.264 e. The van der Waals surface area contributed by atoms with Crippen LogP contribution in [-0.2, 0) is 10.1 Å². The van der Waals surface area contributed by atoms with Crippen molar-refractivity contribution in [2.75, 3.05) is 28.6 Å². The summed E-state index contributed by atoms with van der Waals surface area (Å²) in [6.07, 6.45) is 6.02. The molecule has 0 saturated carbocycles. The first-order chi connectivity index (χ1) is 16.7. The van der Waals surface area contributed by atoms with E-state index in [0.29, 0.717) is 36.0 Å². The van der Waals surface area contributed by atoms with E-state index in [-0.39, 0.29) is 11.1 Å². The molecule has 2 aliphatic heterocycles. The van der Waals surface area contributed by atoms with Crippen molar-refractivity contribution in [1.82, 2.24) is 0 Å². The summed E-state index contributed by atoms with van der Waals surface area (Å²) in [5.74, 6) is 1.12. The molecule has 35 heavy (non-hydrogen) atoms. The third kappa shape index (κ3) is 6.30. The number of fused-ring (bicyclic) bond motifs is 2. The van der Waals surface area contributed by atoms with Crippen molar-refractivity contribution in [1.29, 1.82) is 0 Å². The Hall–Kier alpha value is -1.84. The van der Waals surface area contributed by atoms with E-state index in [0.717, 1.165) is 34.9 Å². The molecule has 2 aromatic rings. The lowest BCUT2D eigenvalue weighted by Gasteiger charge is -2.23. The molecule has 2 aromatic carbocycles. The van der Waals surface area contributed by atoms with E-state index >= 15 is 0 Å². The normalized spacial score (nSPS) is 18.7. The predicted molar refractivity (Wildman–Crippen MR) is 146 cm³/mol. The number of likely N-dealkylation sites (N-methyl/N-ethyl adjacent to an activating group) is 1. The van der Waals surface area contributed by atoms with Gasteiger partial charge in [0.1, 0.15) is 0 Å².